The summed E-state index contributed by atoms with van der Waals surface area (Å²) in [5.41, 5.74) is 2.52. The van der Waals surface area contributed by atoms with Gasteiger partial charge in [-0.15, -0.1) is 0 Å². The Morgan fingerprint density at radius 1 is 1.50 bits per heavy atom. The molecule has 0 bridgehead atoms. The molecule has 1 rings (SSSR count). The number of benzene rings is 1. The van der Waals surface area contributed by atoms with E-state index in [1.54, 1.807) is 0 Å². The maximum absolute atomic E-state index is 3.70. The van der Waals surface area contributed by atoms with Crippen molar-refractivity contribution in [1.82, 2.24) is 0 Å². The van der Waals surface area contributed by atoms with Crippen molar-refractivity contribution in [2.45, 2.75) is 0 Å². The van der Waals surface area contributed by atoms with Gasteiger partial charge in [-0.05, 0) is 34.2 Å². The fourth-order valence-electron chi connectivity index (χ4n) is 0.736. The van der Waals surface area contributed by atoms with E-state index in [2.05, 4.69) is 55.2 Å². The number of rotatable bonds is 1. The van der Waals surface area contributed by atoms with Gasteiger partial charge in [0.05, 0.1) is 0 Å². The van der Waals surface area contributed by atoms with Crippen LogP contribution in [0, 0.1) is 3.57 Å². The molecule has 0 nitrogen and oxygen atoms in total. The van der Waals surface area contributed by atoms with Gasteiger partial charge in [0.2, 0.25) is 0 Å². The molecular weight excluding hydrogens is 234 g/mol. The van der Waals surface area contributed by atoms with Gasteiger partial charge in [-0.1, -0.05) is 30.3 Å². The zero-order valence-corrected chi connectivity index (χ0v) is 8.05. The normalized spacial score (nSPS) is 9.30. The summed E-state index contributed by atoms with van der Waals surface area (Å²) in [7, 11) is 2.11. The largest absolute Gasteiger partial charge is 0.140 e. The Hall–Kier alpha value is -0.245. The lowest BCUT2D eigenvalue weighted by atomic mass is 9.95. The van der Waals surface area contributed by atoms with E-state index in [4.69, 9.17) is 0 Å². The monoisotopic (exact) mass is 242 g/mol. The second kappa shape index (κ2) is 3.24. The fraction of sp³-hybridized carbons (Fsp3) is 0. The smallest absolute Gasteiger partial charge is 0.0985 e. The molecule has 0 N–H and O–H groups in total. The topological polar surface area (TPSA) is 0 Å². The molecule has 0 spiro atoms. The van der Waals surface area contributed by atoms with Gasteiger partial charge in [0.15, 0.2) is 0 Å². The van der Waals surface area contributed by atoms with Crippen LogP contribution in [0.1, 0.15) is 5.56 Å². The van der Waals surface area contributed by atoms with Crippen LogP contribution in [-0.2, 0) is 0 Å². The van der Waals surface area contributed by atoms with Crippen molar-refractivity contribution in [3.8, 4) is 0 Å². The SMILES string of the molecule is Bc1ccc(C=C)cc1I. The third-order valence-corrected chi connectivity index (χ3v) is 2.59. The van der Waals surface area contributed by atoms with E-state index in [-0.39, 0.29) is 0 Å². The molecule has 1 aromatic carbocycles. The molecule has 50 valence electrons. The quantitative estimate of drug-likeness (QED) is 0.512. The summed E-state index contributed by atoms with van der Waals surface area (Å²) in [6.45, 7) is 3.70. The Bertz CT molecular complexity index is 255. The highest BCUT2D eigenvalue weighted by atomic mass is 127. The molecule has 0 atom stereocenters. The van der Waals surface area contributed by atoms with Crippen molar-refractivity contribution in [1.29, 1.82) is 0 Å². The maximum atomic E-state index is 3.70. The third-order valence-electron chi connectivity index (χ3n) is 1.43. The van der Waals surface area contributed by atoms with Crippen LogP contribution < -0.4 is 5.46 Å². The van der Waals surface area contributed by atoms with Crippen molar-refractivity contribution in [2.24, 2.45) is 0 Å². The summed E-state index contributed by atoms with van der Waals surface area (Å²) < 4.78 is 1.30. The lowest BCUT2D eigenvalue weighted by Gasteiger charge is -1.97. The van der Waals surface area contributed by atoms with Crippen LogP contribution in [0.5, 0.6) is 0 Å². The Balaban J connectivity index is 3.16. The highest BCUT2D eigenvalue weighted by Crippen LogP contribution is 2.05. The molecule has 1 aromatic rings. The van der Waals surface area contributed by atoms with Gasteiger partial charge in [0.1, 0.15) is 7.85 Å². The van der Waals surface area contributed by atoms with Crippen molar-refractivity contribution in [3.05, 3.63) is 33.9 Å². The van der Waals surface area contributed by atoms with E-state index >= 15 is 0 Å². The Morgan fingerprint density at radius 3 is 2.70 bits per heavy atom. The van der Waals surface area contributed by atoms with Crippen molar-refractivity contribution < 1.29 is 0 Å². The minimum absolute atomic E-state index is 1.19. The van der Waals surface area contributed by atoms with Gasteiger partial charge in [-0.2, -0.15) is 0 Å². The number of hydrogen-bond donors (Lipinski definition) is 0. The van der Waals surface area contributed by atoms with E-state index in [0.29, 0.717) is 0 Å². The zero-order valence-electron chi connectivity index (χ0n) is 5.89. The predicted octanol–water partition coefficient (Wildman–Crippen LogP) is 1.19. The third kappa shape index (κ3) is 1.63. The number of halogens is 1. The first kappa shape index (κ1) is 7.86. The van der Waals surface area contributed by atoms with E-state index in [1.807, 2.05) is 6.08 Å². The molecule has 0 aliphatic rings. The van der Waals surface area contributed by atoms with Crippen LogP contribution in [0.15, 0.2) is 24.8 Å². The highest BCUT2D eigenvalue weighted by Gasteiger charge is 1.92. The summed E-state index contributed by atoms with van der Waals surface area (Å²) in [6.07, 6.45) is 1.86. The highest BCUT2D eigenvalue weighted by molar-refractivity contribution is 14.1. The van der Waals surface area contributed by atoms with E-state index < -0.39 is 0 Å². The summed E-state index contributed by atoms with van der Waals surface area (Å²) in [5, 5.41) is 0. The Kier molecular flexibility index (Phi) is 2.54. The first-order valence-electron chi connectivity index (χ1n) is 3.12. The molecule has 0 heterocycles. The van der Waals surface area contributed by atoms with Gasteiger partial charge < -0.3 is 0 Å². The summed E-state index contributed by atoms with van der Waals surface area (Å²) in [6, 6.07) is 6.31. The standard InChI is InChI=1S/C8H8BI/c1-2-6-3-4-7(9)8(10)5-6/h2-5H,1,9H2. The Morgan fingerprint density at radius 2 is 2.20 bits per heavy atom. The molecule has 0 unspecified atom stereocenters. The van der Waals surface area contributed by atoms with Crippen molar-refractivity contribution in [3.63, 3.8) is 0 Å². The van der Waals surface area contributed by atoms with Crippen LogP contribution in [0.25, 0.3) is 6.08 Å². The van der Waals surface area contributed by atoms with Crippen molar-refractivity contribution >= 4 is 42.0 Å². The second-order valence-corrected chi connectivity index (χ2v) is 3.37. The molecule has 0 aliphatic carbocycles. The Labute approximate surface area is 75.9 Å². The molecule has 0 saturated heterocycles. The van der Waals surface area contributed by atoms with Crippen LogP contribution in [-0.4, -0.2) is 7.85 Å². The van der Waals surface area contributed by atoms with Gasteiger partial charge in [0.25, 0.3) is 0 Å². The maximum Gasteiger partial charge on any atom is 0.140 e. The molecular formula is C8H8BI. The average Bonchev–Trinajstić information content (AvgIpc) is 1.95. The minimum Gasteiger partial charge on any atom is -0.0985 e. The number of hydrogen-bond acceptors (Lipinski definition) is 0. The molecule has 10 heavy (non-hydrogen) atoms. The molecule has 0 aliphatic heterocycles. The lowest BCUT2D eigenvalue weighted by Crippen LogP contribution is -2.05. The van der Waals surface area contributed by atoms with E-state index in [9.17, 15) is 0 Å². The first-order chi connectivity index (χ1) is 4.74. The zero-order chi connectivity index (χ0) is 7.56. The van der Waals surface area contributed by atoms with Crippen LogP contribution in [0.4, 0.5) is 0 Å². The molecule has 0 saturated carbocycles. The van der Waals surface area contributed by atoms with Crippen LogP contribution in [0.2, 0.25) is 0 Å². The average molecular weight is 242 g/mol. The lowest BCUT2D eigenvalue weighted by molar-refractivity contribution is 1.66. The molecule has 2 heteroatoms. The van der Waals surface area contributed by atoms with Gasteiger partial charge >= 0.3 is 0 Å². The molecule has 0 fully saturated rings. The van der Waals surface area contributed by atoms with E-state index in [0.717, 1.165) is 0 Å². The summed E-state index contributed by atoms with van der Waals surface area (Å²) >= 11 is 2.33. The van der Waals surface area contributed by atoms with Gasteiger partial charge in [-0.3, -0.25) is 0 Å². The fourth-order valence-corrected chi connectivity index (χ4v) is 1.28. The first-order valence-corrected chi connectivity index (χ1v) is 4.20. The van der Waals surface area contributed by atoms with Crippen molar-refractivity contribution in [2.75, 3.05) is 0 Å². The van der Waals surface area contributed by atoms with Gasteiger partial charge in [0, 0.05) is 3.57 Å². The molecule has 0 aromatic heterocycles. The second-order valence-electron chi connectivity index (χ2n) is 2.21. The summed E-state index contributed by atoms with van der Waals surface area (Å²) in [5.74, 6) is 0. The van der Waals surface area contributed by atoms with Crippen LogP contribution in [0.3, 0.4) is 0 Å². The molecule has 0 amide bonds. The minimum atomic E-state index is 1.19. The predicted molar refractivity (Wildman–Crippen MR) is 57.4 cm³/mol. The summed E-state index contributed by atoms with van der Waals surface area (Å²) in [4.78, 5) is 0. The van der Waals surface area contributed by atoms with E-state index in [1.165, 1.54) is 14.6 Å². The van der Waals surface area contributed by atoms with Gasteiger partial charge in [-0.25, -0.2) is 0 Å². The van der Waals surface area contributed by atoms with Crippen LogP contribution >= 0.6 is 22.6 Å². The molecule has 0 radical (unpaired) electrons.